The fourth-order valence-corrected chi connectivity index (χ4v) is 2.62. The van der Waals surface area contributed by atoms with Crippen molar-refractivity contribution in [2.45, 2.75) is 12.5 Å². The van der Waals surface area contributed by atoms with Crippen molar-refractivity contribution in [2.24, 2.45) is 0 Å². The Labute approximate surface area is 92.1 Å². The summed E-state index contributed by atoms with van der Waals surface area (Å²) in [4.78, 5) is 14.7. The van der Waals surface area contributed by atoms with Gasteiger partial charge in [0.2, 0.25) is 0 Å². The lowest BCUT2D eigenvalue weighted by molar-refractivity contribution is 0.0696. The van der Waals surface area contributed by atoms with E-state index in [-0.39, 0.29) is 5.56 Å². The molecule has 1 fully saturated rings. The summed E-state index contributed by atoms with van der Waals surface area (Å²) in [5.74, 6) is 2.10. The number of carboxylic acids is 1. The average molecular weight is 224 g/mol. The van der Waals surface area contributed by atoms with E-state index in [4.69, 9.17) is 5.11 Å². The zero-order valence-corrected chi connectivity index (χ0v) is 8.96. The lowest BCUT2D eigenvalue weighted by atomic mass is 10.2. The molecule has 80 valence electrons. The summed E-state index contributed by atoms with van der Waals surface area (Å²) in [6.45, 7) is 0. The Morgan fingerprint density at radius 2 is 2.47 bits per heavy atom. The SMILES string of the molecule is O=C(O)c1ccc(NC2CCSC2)nc1. The third-order valence-electron chi connectivity index (χ3n) is 2.29. The van der Waals surface area contributed by atoms with E-state index in [1.54, 1.807) is 12.1 Å². The number of carboxylic acid groups (broad SMARTS) is 1. The molecule has 0 aromatic carbocycles. The molecule has 1 unspecified atom stereocenters. The van der Waals surface area contributed by atoms with Gasteiger partial charge in [0.1, 0.15) is 5.82 Å². The van der Waals surface area contributed by atoms with Gasteiger partial charge in [0.15, 0.2) is 0 Å². The number of aromatic nitrogens is 1. The number of nitrogens with one attached hydrogen (secondary N) is 1. The third-order valence-corrected chi connectivity index (χ3v) is 3.45. The number of hydrogen-bond acceptors (Lipinski definition) is 4. The van der Waals surface area contributed by atoms with Gasteiger partial charge in [-0.05, 0) is 24.3 Å². The lowest BCUT2D eigenvalue weighted by Crippen LogP contribution is -2.18. The highest BCUT2D eigenvalue weighted by Crippen LogP contribution is 2.20. The molecule has 2 rings (SSSR count). The molecule has 2 heterocycles. The zero-order valence-electron chi connectivity index (χ0n) is 8.14. The normalized spacial score (nSPS) is 20.1. The minimum absolute atomic E-state index is 0.223. The number of pyridine rings is 1. The summed E-state index contributed by atoms with van der Waals surface area (Å²) in [5, 5.41) is 12.0. The van der Waals surface area contributed by atoms with Gasteiger partial charge in [-0.1, -0.05) is 0 Å². The summed E-state index contributed by atoms with van der Waals surface area (Å²) in [6.07, 6.45) is 2.53. The Balaban J connectivity index is 2.00. The van der Waals surface area contributed by atoms with Gasteiger partial charge in [-0.2, -0.15) is 11.8 Å². The molecule has 1 aromatic heterocycles. The second kappa shape index (κ2) is 4.53. The van der Waals surface area contributed by atoms with E-state index in [1.807, 2.05) is 11.8 Å². The van der Waals surface area contributed by atoms with Crippen molar-refractivity contribution in [1.82, 2.24) is 4.98 Å². The van der Waals surface area contributed by atoms with Crippen LogP contribution >= 0.6 is 11.8 Å². The van der Waals surface area contributed by atoms with Crippen LogP contribution in [-0.2, 0) is 0 Å². The number of rotatable bonds is 3. The molecule has 0 amide bonds. The largest absolute Gasteiger partial charge is 0.478 e. The third kappa shape index (κ3) is 2.62. The summed E-state index contributed by atoms with van der Waals surface area (Å²) in [7, 11) is 0. The van der Waals surface area contributed by atoms with Gasteiger partial charge in [-0.15, -0.1) is 0 Å². The molecule has 1 aliphatic heterocycles. The molecule has 0 bridgehead atoms. The maximum Gasteiger partial charge on any atom is 0.337 e. The molecule has 5 heteroatoms. The maximum absolute atomic E-state index is 10.6. The van der Waals surface area contributed by atoms with E-state index >= 15 is 0 Å². The van der Waals surface area contributed by atoms with Crippen LogP contribution in [0.4, 0.5) is 5.82 Å². The summed E-state index contributed by atoms with van der Waals surface area (Å²) >= 11 is 1.93. The fraction of sp³-hybridized carbons (Fsp3) is 0.400. The lowest BCUT2D eigenvalue weighted by Gasteiger charge is -2.11. The van der Waals surface area contributed by atoms with Crippen LogP contribution in [0, 0.1) is 0 Å². The number of thioether (sulfide) groups is 1. The van der Waals surface area contributed by atoms with Crippen LogP contribution < -0.4 is 5.32 Å². The highest BCUT2D eigenvalue weighted by atomic mass is 32.2. The highest BCUT2D eigenvalue weighted by molar-refractivity contribution is 7.99. The monoisotopic (exact) mass is 224 g/mol. The van der Waals surface area contributed by atoms with Crippen LogP contribution in [0.5, 0.6) is 0 Å². The van der Waals surface area contributed by atoms with Crippen molar-refractivity contribution in [2.75, 3.05) is 16.8 Å². The van der Waals surface area contributed by atoms with Gasteiger partial charge in [0.05, 0.1) is 5.56 Å². The van der Waals surface area contributed by atoms with Crippen LogP contribution in [0.1, 0.15) is 16.8 Å². The Hall–Kier alpha value is -1.23. The predicted molar refractivity (Wildman–Crippen MR) is 60.5 cm³/mol. The predicted octanol–water partition coefficient (Wildman–Crippen LogP) is 1.70. The van der Waals surface area contributed by atoms with Crippen molar-refractivity contribution in [1.29, 1.82) is 0 Å². The van der Waals surface area contributed by atoms with E-state index in [0.717, 1.165) is 18.0 Å². The number of aromatic carboxylic acids is 1. The molecular formula is C10H12N2O2S. The second-order valence-corrected chi connectivity index (χ2v) is 4.59. The first-order valence-corrected chi connectivity index (χ1v) is 5.95. The maximum atomic E-state index is 10.6. The Morgan fingerprint density at radius 3 is 3.00 bits per heavy atom. The fourth-order valence-electron chi connectivity index (χ4n) is 1.46. The summed E-state index contributed by atoms with van der Waals surface area (Å²) in [6, 6.07) is 3.75. The van der Waals surface area contributed by atoms with Crippen molar-refractivity contribution in [3.8, 4) is 0 Å². The molecule has 15 heavy (non-hydrogen) atoms. The van der Waals surface area contributed by atoms with Crippen LogP contribution in [-0.4, -0.2) is 33.6 Å². The average Bonchev–Trinajstić information content (AvgIpc) is 2.71. The standard InChI is InChI=1S/C10H12N2O2S/c13-10(14)7-1-2-9(11-5-7)12-8-3-4-15-6-8/h1-2,5,8H,3-4,6H2,(H,11,12)(H,13,14). The number of nitrogens with zero attached hydrogens (tertiary/aromatic N) is 1. The number of hydrogen-bond donors (Lipinski definition) is 2. The van der Waals surface area contributed by atoms with Gasteiger partial charge in [-0.3, -0.25) is 0 Å². The second-order valence-electron chi connectivity index (χ2n) is 3.44. The molecule has 0 aliphatic carbocycles. The van der Waals surface area contributed by atoms with Gasteiger partial charge in [0, 0.05) is 18.0 Å². The van der Waals surface area contributed by atoms with Crippen molar-refractivity contribution in [3.63, 3.8) is 0 Å². The quantitative estimate of drug-likeness (QED) is 0.818. The Morgan fingerprint density at radius 1 is 1.60 bits per heavy atom. The molecule has 4 nitrogen and oxygen atoms in total. The number of carbonyl (C=O) groups is 1. The van der Waals surface area contributed by atoms with Crippen molar-refractivity contribution >= 4 is 23.5 Å². The van der Waals surface area contributed by atoms with E-state index < -0.39 is 5.97 Å². The summed E-state index contributed by atoms with van der Waals surface area (Å²) < 4.78 is 0. The molecule has 1 saturated heterocycles. The molecule has 0 spiro atoms. The van der Waals surface area contributed by atoms with E-state index in [2.05, 4.69) is 10.3 Å². The van der Waals surface area contributed by atoms with Crippen molar-refractivity contribution in [3.05, 3.63) is 23.9 Å². The van der Waals surface area contributed by atoms with Crippen LogP contribution in [0.2, 0.25) is 0 Å². The van der Waals surface area contributed by atoms with Gasteiger partial charge < -0.3 is 10.4 Å². The van der Waals surface area contributed by atoms with E-state index in [1.165, 1.54) is 11.9 Å². The smallest absolute Gasteiger partial charge is 0.337 e. The molecule has 0 radical (unpaired) electrons. The van der Waals surface area contributed by atoms with Gasteiger partial charge in [0.25, 0.3) is 0 Å². The minimum Gasteiger partial charge on any atom is -0.478 e. The molecule has 0 saturated carbocycles. The Bertz CT molecular complexity index is 347. The summed E-state index contributed by atoms with van der Waals surface area (Å²) in [5.41, 5.74) is 0.223. The highest BCUT2D eigenvalue weighted by Gasteiger charge is 2.15. The Kier molecular flexibility index (Phi) is 3.11. The topological polar surface area (TPSA) is 62.2 Å². The molecule has 1 aliphatic rings. The van der Waals surface area contributed by atoms with Gasteiger partial charge in [-0.25, -0.2) is 9.78 Å². The van der Waals surface area contributed by atoms with E-state index in [0.29, 0.717) is 6.04 Å². The van der Waals surface area contributed by atoms with Crippen molar-refractivity contribution < 1.29 is 9.90 Å². The molecular weight excluding hydrogens is 212 g/mol. The minimum atomic E-state index is -0.939. The first-order valence-electron chi connectivity index (χ1n) is 4.79. The first kappa shape index (κ1) is 10.3. The van der Waals surface area contributed by atoms with Gasteiger partial charge >= 0.3 is 5.97 Å². The first-order chi connectivity index (χ1) is 7.25. The van der Waals surface area contributed by atoms with Crippen LogP contribution in [0.15, 0.2) is 18.3 Å². The van der Waals surface area contributed by atoms with Crippen LogP contribution in [0.25, 0.3) is 0 Å². The molecule has 2 N–H and O–H groups in total. The molecule has 1 atom stereocenters. The zero-order chi connectivity index (χ0) is 10.7. The van der Waals surface area contributed by atoms with Crippen LogP contribution in [0.3, 0.4) is 0 Å². The molecule has 1 aromatic rings. The van der Waals surface area contributed by atoms with E-state index in [9.17, 15) is 4.79 Å². The number of anilines is 1.